The second-order valence-electron chi connectivity index (χ2n) is 3.82. The van der Waals surface area contributed by atoms with Crippen LogP contribution in [0.5, 0.6) is 0 Å². The number of nitrogens with zero attached hydrogens (tertiary/aromatic N) is 2. The maximum atomic E-state index is 11.7. The van der Waals surface area contributed by atoms with Gasteiger partial charge in [-0.2, -0.15) is 0 Å². The zero-order valence-electron chi connectivity index (χ0n) is 8.36. The fraction of sp³-hybridized carbons (Fsp3) is 0.600. The van der Waals surface area contributed by atoms with E-state index < -0.39 is 6.04 Å². The van der Waals surface area contributed by atoms with E-state index in [1.54, 1.807) is 13.1 Å². The molecule has 0 fully saturated rings. The maximum absolute atomic E-state index is 11.7. The number of Topliss-reactive ketones (excluding diaryl/α,β-unsaturated/α-hetero) is 1. The van der Waals surface area contributed by atoms with Crippen LogP contribution in [-0.2, 0) is 13.0 Å². The summed E-state index contributed by atoms with van der Waals surface area (Å²) in [5, 5.41) is 0. The minimum Gasteiger partial charge on any atom is -0.326 e. The molecule has 0 spiro atoms. The van der Waals surface area contributed by atoms with Crippen LogP contribution in [0.3, 0.4) is 0 Å². The second-order valence-corrected chi connectivity index (χ2v) is 3.82. The van der Waals surface area contributed by atoms with Gasteiger partial charge >= 0.3 is 0 Å². The quantitative estimate of drug-likeness (QED) is 0.705. The van der Waals surface area contributed by atoms with E-state index in [0.29, 0.717) is 5.69 Å². The molecule has 1 unspecified atom stereocenters. The molecule has 4 heteroatoms. The van der Waals surface area contributed by atoms with Crippen molar-refractivity contribution in [2.24, 2.45) is 5.73 Å². The first-order valence-electron chi connectivity index (χ1n) is 5.04. The first-order chi connectivity index (χ1) is 6.70. The van der Waals surface area contributed by atoms with Crippen LogP contribution in [0.2, 0.25) is 0 Å². The molecule has 2 N–H and O–H groups in total. The lowest BCUT2D eigenvalue weighted by molar-refractivity contribution is 0.0957. The monoisotopic (exact) mass is 193 g/mol. The summed E-state index contributed by atoms with van der Waals surface area (Å²) in [6, 6.07) is -0.433. The number of rotatable bonds is 2. The predicted octanol–water partition coefficient (Wildman–Crippen LogP) is 0.749. The largest absolute Gasteiger partial charge is 0.326 e. The van der Waals surface area contributed by atoms with Gasteiger partial charge in [0.25, 0.3) is 0 Å². The Bertz CT molecular complexity index is 354. The van der Waals surface area contributed by atoms with Gasteiger partial charge in [0.15, 0.2) is 5.78 Å². The molecule has 14 heavy (non-hydrogen) atoms. The number of aromatic nitrogens is 2. The number of aryl methyl sites for hydroxylation is 1. The summed E-state index contributed by atoms with van der Waals surface area (Å²) in [5.41, 5.74) is 6.25. The topological polar surface area (TPSA) is 60.9 Å². The predicted molar refractivity (Wildman–Crippen MR) is 53.1 cm³/mol. The van der Waals surface area contributed by atoms with Crippen LogP contribution in [0, 0.1) is 0 Å². The van der Waals surface area contributed by atoms with Crippen LogP contribution >= 0.6 is 0 Å². The number of nitrogens with two attached hydrogens (primary N) is 1. The van der Waals surface area contributed by atoms with E-state index in [4.69, 9.17) is 5.73 Å². The van der Waals surface area contributed by atoms with Crippen LogP contribution in [0.25, 0.3) is 0 Å². The van der Waals surface area contributed by atoms with E-state index in [2.05, 4.69) is 4.98 Å². The molecule has 1 aliphatic heterocycles. The zero-order valence-corrected chi connectivity index (χ0v) is 8.36. The van der Waals surface area contributed by atoms with E-state index in [1.807, 2.05) is 4.57 Å². The van der Waals surface area contributed by atoms with Crippen LogP contribution in [0.1, 0.15) is 36.1 Å². The normalized spacial score (nSPS) is 17.6. The maximum Gasteiger partial charge on any atom is 0.197 e. The van der Waals surface area contributed by atoms with Gasteiger partial charge in [0, 0.05) is 13.0 Å². The van der Waals surface area contributed by atoms with Crippen molar-refractivity contribution < 1.29 is 4.79 Å². The Morgan fingerprint density at radius 2 is 2.43 bits per heavy atom. The Kier molecular flexibility index (Phi) is 2.37. The first-order valence-corrected chi connectivity index (χ1v) is 5.04. The van der Waals surface area contributed by atoms with Crippen LogP contribution in [-0.4, -0.2) is 21.4 Å². The van der Waals surface area contributed by atoms with E-state index in [9.17, 15) is 4.79 Å². The Morgan fingerprint density at radius 3 is 3.14 bits per heavy atom. The number of hydrogen-bond acceptors (Lipinski definition) is 3. The Morgan fingerprint density at radius 1 is 1.64 bits per heavy atom. The van der Waals surface area contributed by atoms with E-state index in [1.165, 1.54) is 6.42 Å². The SMILES string of the molecule is CC(N)C(=O)c1cnc2n1CCCC2. The summed E-state index contributed by atoms with van der Waals surface area (Å²) in [5.74, 6) is 1.02. The molecule has 2 rings (SSSR count). The molecule has 0 amide bonds. The Labute approximate surface area is 83.1 Å². The van der Waals surface area contributed by atoms with Gasteiger partial charge in [-0.25, -0.2) is 4.98 Å². The number of ketones is 1. The van der Waals surface area contributed by atoms with E-state index in [0.717, 1.165) is 25.2 Å². The molecule has 0 aromatic carbocycles. The third kappa shape index (κ3) is 1.46. The van der Waals surface area contributed by atoms with Crippen molar-refractivity contribution in [3.63, 3.8) is 0 Å². The van der Waals surface area contributed by atoms with Gasteiger partial charge in [-0.1, -0.05) is 0 Å². The van der Waals surface area contributed by atoms with Crippen LogP contribution in [0.4, 0.5) is 0 Å². The summed E-state index contributed by atoms with van der Waals surface area (Å²) in [7, 11) is 0. The average molecular weight is 193 g/mol. The smallest absolute Gasteiger partial charge is 0.197 e. The van der Waals surface area contributed by atoms with Gasteiger partial charge in [-0.15, -0.1) is 0 Å². The van der Waals surface area contributed by atoms with Crippen molar-refractivity contribution >= 4 is 5.78 Å². The Balaban J connectivity index is 2.35. The first kappa shape index (κ1) is 9.40. The third-order valence-electron chi connectivity index (χ3n) is 2.64. The molecule has 0 saturated heterocycles. The molecule has 76 valence electrons. The van der Waals surface area contributed by atoms with Crippen LogP contribution in [0.15, 0.2) is 6.20 Å². The van der Waals surface area contributed by atoms with Crippen molar-refractivity contribution in [1.82, 2.24) is 9.55 Å². The minimum atomic E-state index is -0.433. The fourth-order valence-corrected chi connectivity index (χ4v) is 1.85. The highest BCUT2D eigenvalue weighted by Crippen LogP contribution is 2.16. The molecule has 0 aliphatic carbocycles. The number of carbonyl (C=O) groups excluding carboxylic acids is 1. The average Bonchev–Trinajstić information content (AvgIpc) is 2.60. The van der Waals surface area contributed by atoms with E-state index >= 15 is 0 Å². The molecule has 2 heterocycles. The van der Waals surface area contributed by atoms with Gasteiger partial charge < -0.3 is 10.3 Å². The number of hydrogen-bond donors (Lipinski definition) is 1. The number of fused-ring (bicyclic) bond motifs is 1. The summed E-state index contributed by atoms with van der Waals surface area (Å²) in [4.78, 5) is 15.9. The molecular weight excluding hydrogens is 178 g/mol. The lowest BCUT2D eigenvalue weighted by Gasteiger charge is -2.16. The minimum absolute atomic E-state index is 0.00866. The van der Waals surface area contributed by atoms with Gasteiger partial charge in [0.1, 0.15) is 11.5 Å². The molecule has 1 atom stereocenters. The molecule has 0 bridgehead atoms. The highest BCUT2D eigenvalue weighted by Gasteiger charge is 2.20. The molecule has 1 aromatic heterocycles. The number of carbonyl (C=O) groups is 1. The lowest BCUT2D eigenvalue weighted by atomic mass is 10.1. The molecule has 4 nitrogen and oxygen atoms in total. The van der Waals surface area contributed by atoms with Crippen LogP contribution < -0.4 is 5.73 Å². The van der Waals surface area contributed by atoms with E-state index in [-0.39, 0.29) is 5.78 Å². The molecular formula is C10H15N3O. The molecule has 0 radical (unpaired) electrons. The molecule has 1 aliphatic rings. The van der Waals surface area contributed by atoms with Crippen molar-refractivity contribution in [3.8, 4) is 0 Å². The molecule has 1 aromatic rings. The Hall–Kier alpha value is -1.16. The van der Waals surface area contributed by atoms with Crippen molar-refractivity contribution in [2.45, 2.75) is 38.8 Å². The summed E-state index contributed by atoms with van der Waals surface area (Å²) in [6.45, 7) is 2.62. The highest BCUT2D eigenvalue weighted by molar-refractivity contribution is 5.98. The summed E-state index contributed by atoms with van der Waals surface area (Å²) < 4.78 is 2.01. The van der Waals surface area contributed by atoms with Crippen molar-refractivity contribution in [3.05, 3.63) is 17.7 Å². The zero-order chi connectivity index (χ0) is 10.1. The van der Waals surface area contributed by atoms with Gasteiger partial charge in [0.2, 0.25) is 0 Å². The van der Waals surface area contributed by atoms with Gasteiger partial charge in [0.05, 0.1) is 12.2 Å². The molecule has 0 saturated carbocycles. The number of imidazole rings is 1. The fourth-order valence-electron chi connectivity index (χ4n) is 1.85. The summed E-state index contributed by atoms with van der Waals surface area (Å²) >= 11 is 0. The third-order valence-corrected chi connectivity index (χ3v) is 2.64. The standard InChI is InChI=1S/C10H15N3O/c1-7(11)10(14)8-6-12-9-4-2-3-5-13(8)9/h6-7H,2-5,11H2,1H3. The van der Waals surface area contributed by atoms with Crippen molar-refractivity contribution in [2.75, 3.05) is 0 Å². The second kappa shape index (κ2) is 3.53. The summed E-state index contributed by atoms with van der Waals surface area (Å²) in [6.07, 6.45) is 4.93. The van der Waals surface area contributed by atoms with Gasteiger partial charge in [-0.3, -0.25) is 4.79 Å². The lowest BCUT2D eigenvalue weighted by Crippen LogP contribution is -2.29. The van der Waals surface area contributed by atoms with Crippen molar-refractivity contribution in [1.29, 1.82) is 0 Å². The van der Waals surface area contributed by atoms with Gasteiger partial charge in [-0.05, 0) is 19.8 Å². The highest BCUT2D eigenvalue weighted by atomic mass is 16.1.